The zero-order chi connectivity index (χ0) is 19.7. The maximum atomic E-state index is 12.3. The topological polar surface area (TPSA) is 142 Å². The van der Waals surface area contributed by atoms with E-state index in [1.165, 1.54) is 32.0 Å². The van der Waals surface area contributed by atoms with E-state index >= 15 is 0 Å². The second-order valence-electron chi connectivity index (χ2n) is 5.54. The average molecular weight is 366 g/mol. The van der Waals surface area contributed by atoms with Crippen LogP contribution in [0.5, 0.6) is 0 Å². The van der Waals surface area contributed by atoms with Gasteiger partial charge < -0.3 is 20.6 Å². The Hall–Kier alpha value is -3.17. The molecule has 10 nitrogen and oxygen atoms in total. The van der Waals surface area contributed by atoms with Gasteiger partial charge in [0.05, 0.1) is 4.92 Å². The first-order valence-corrected chi connectivity index (χ1v) is 7.98. The Morgan fingerprint density at radius 3 is 2.50 bits per heavy atom. The molecule has 0 saturated carbocycles. The number of carbonyl (C=O) groups excluding carboxylic acids is 2. The van der Waals surface area contributed by atoms with E-state index in [2.05, 4.69) is 10.6 Å². The number of nitrogens with one attached hydrogen (secondary N) is 2. The summed E-state index contributed by atoms with van der Waals surface area (Å²) in [5.41, 5.74) is 0.169. The summed E-state index contributed by atoms with van der Waals surface area (Å²) in [5.74, 6) is -1.87. The average Bonchev–Trinajstić information content (AvgIpc) is 2.58. The van der Waals surface area contributed by atoms with Gasteiger partial charge in [0.15, 0.2) is 0 Å². The molecule has 0 spiro atoms. The molecule has 0 aliphatic heterocycles. The van der Waals surface area contributed by atoms with E-state index in [1.807, 2.05) is 0 Å². The van der Waals surface area contributed by atoms with Crippen molar-refractivity contribution >= 4 is 29.2 Å². The van der Waals surface area contributed by atoms with Gasteiger partial charge >= 0.3 is 5.97 Å². The number of aliphatic carboxylic acids is 1. The van der Waals surface area contributed by atoms with Crippen LogP contribution < -0.4 is 10.6 Å². The maximum absolute atomic E-state index is 12.3. The van der Waals surface area contributed by atoms with Gasteiger partial charge in [-0.25, -0.2) is 4.79 Å². The largest absolute Gasteiger partial charge is 0.480 e. The third-order valence-corrected chi connectivity index (χ3v) is 3.63. The Morgan fingerprint density at radius 2 is 1.92 bits per heavy atom. The highest BCUT2D eigenvalue weighted by molar-refractivity contribution is 5.83. The second kappa shape index (κ2) is 9.97. The SMILES string of the molecule is CC(=O)NCCN(C(=O)CCNc1ccccc1[N+](=O)[O-])C(C)C(=O)O. The summed E-state index contributed by atoms with van der Waals surface area (Å²) >= 11 is 0. The lowest BCUT2D eigenvalue weighted by atomic mass is 10.2. The van der Waals surface area contributed by atoms with Gasteiger partial charge in [0.2, 0.25) is 11.8 Å². The molecule has 1 aromatic carbocycles. The number of nitro groups is 1. The molecule has 142 valence electrons. The van der Waals surface area contributed by atoms with Gasteiger partial charge in [-0.2, -0.15) is 0 Å². The van der Waals surface area contributed by atoms with E-state index in [0.717, 1.165) is 4.90 Å². The first-order chi connectivity index (χ1) is 12.2. The van der Waals surface area contributed by atoms with Crippen LogP contribution in [0.2, 0.25) is 0 Å². The molecule has 3 N–H and O–H groups in total. The van der Waals surface area contributed by atoms with E-state index in [0.29, 0.717) is 0 Å². The number of hydrogen-bond donors (Lipinski definition) is 3. The standard InChI is InChI=1S/C16H22N4O6/c1-11(16(23)24)19(10-9-17-12(2)21)15(22)7-8-18-13-5-3-4-6-14(13)20(25)26/h3-6,11,18H,7-10H2,1-2H3,(H,17,21)(H,23,24). The number of carboxylic acids is 1. The van der Waals surface area contributed by atoms with Crippen LogP contribution in [0, 0.1) is 10.1 Å². The van der Waals surface area contributed by atoms with E-state index < -0.39 is 22.8 Å². The number of carbonyl (C=O) groups is 3. The second-order valence-corrected chi connectivity index (χ2v) is 5.54. The molecule has 26 heavy (non-hydrogen) atoms. The van der Waals surface area contributed by atoms with Crippen LogP contribution in [0.1, 0.15) is 20.3 Å². The van der Waals surface area contributed by atoms with Gasteiger partial charge in [0.1, 0.15) is 11.7 Å². The summed E-state index contributed by atoms with van der Waals surface area (Å²) in [6.45, 7) is 2.99. The third kappa shape index (κ3) is 6.38. The minimum absolute atomic E-state index is 0.0518. The molecule has 2 amide bonds. The molecule has 0 aromatic heterocycles. The Morgan fingerprint density at radius 1 is 1.27 bits per heavy atom. The van der Waals surface area contributed by atoms with Crippen LogP contribution in [0.3, 0.4) is 0 Å². The Bertz CT molecular complexity index is 678. The van der Waals surface area contributed by atoms with Crippen molar-refractivity contribution in [1.29, 1.82) is 0 Å². The molecule has 10 heteroatoms. The van der Waals surface area contributed by atoms with Crippen molar-refractivity contribution in [2.45, 2.75) is 26.3 Å². The Balaban J connectivity index is 2.67. The third-order valence-electron chi connectivity index (χ3n) is 3.63. The summed E-state index contributed by atoms with van der Waals surface area (Å²) < 4.78 is 0. The number of anilines is 1. The monoisotopic (exact) mass is 366 g/mol. The molecule has 0 aliphatic rings. The van der Waals surface area contributed by atoms with Crippen LogP contribution >= 0.6 is 0 Å². The van der Waals surface area contributed by atoms with Crippen molar-refractivity contribution in [3.8, 4) is 0 Å². The van der Waals surface area contributed by atoms with Crippen molar-refractivity contribution in [2.75, 3.05) is 25.0 Å². The predicted octanol–water partition coefficient (Wildman–Crippen LogP) is 0.835. The lowest BCUT2D eigenvalue weighted by Gasteiger charge is -2.26. The molecule has 1 rings (SSSR count). The number of hydrogen-bond acceptors (Lipinski definition) is 6. The van der Waals surface area contributed by atoms with E-state index in [9.17, 15) is 24.5 Å². The minimum atomic E-state index is -1.16. The zero-order valence-corrected chi connectivity index (χ0v) is 14.6. The fraction of sp³-hybridized carbons (Fsp3) is 0.438. The number of benzene rings is 1. The predicted molar refractivity (Wildman–Crippen MR) is 93.7 cm³/mol. The summed E-state index contributed by atoms with van der Waals surface area (Å²) in [6, 6.07) is 4.98. The molecule has 0 saturated heterocycles. The highest BCUT2D eigenvalue weighted by Gasteiger charge is 2.25. The van der Waals surface area contributed by atoms with E-state index in [4.69, 9.17) is 5.11 Å². The van der Waals surface area contributed by atoms with E-state index in [-0.39, 0.29) is 43.3 Å². The number of nitrogens with zero attached hydrogens (tertiary/aromatic N) is 2. The van der Waals surface area contributed by atoms with Gasteiger partial charge in [0.25, 0.3) is 5.69 Å². The van der Waals surface area contributed by atoms with Gasteiger partial charge in [0, 0.05) is 39.0 Å². The molecule has 1 aromatic rings. The molecular weight excluding hydrogens is 344 g/mol. The number of nitro benzene ring substituents is 1. The summed E-state index contributed by atoms with van der Waals surface area (Å²) in [4.78, 5) is 46.0. The van der Waals surface area contributed by atoms with Crippen LogP contribution in [0.15, 0.2) is 24.3 Å². The van der Waals surface area contributed by atoms with Crippen molar-refractivity contribution in [2.24, 2.45) is 0 Å². The van der Waals surface area contributed by atoms with Crippen LogP contribution in [-0.4, -0.2) is 58.4 Å². The number of carboxylic acid groups (broad SMARTS) is 1. The highest BCUT2D eigenvalue weighted by atomic mass is 16.6. The van der Waals surface area contributed by atoms with Crippen molar-refractivity contribution < 1.29 is 24.4 Å². The Labute approximate surface area is 150 Å². The van der Waals surface area contributed by atoms with Crippen molar-refractivity contribution in [1.82, 2.24) is 10.2 Å². The van der Waals surface area contributed by atoms with Gasteiger partial charge in [-0.15, -0.1) is 0 Å². The van der Waals surface area contributed by atoms with Gasteiger partial charge in [-0.3, -0.25) is 19.7 Å². The maximum Gasteiger partial charge on any atom is 0.326 e. The van der Waals surface area contributed by atoms with Gasteiger partial charge in [-0.05, 0) is 13.0 Å². The number of amides is 2. The number of rotatable bonds is 10. The summed E-state index contributed by atoms with van der Waals surface area (Å²) in [6.07, 6.45) is -0.0518. The normalized spacial score (nSPS) is 11.3. The van der Waals surface area contributed by atoms with E-state index in [1.54, 1.807) is 6.07 Å². The molecule has 1 atom stereocenters. The van der Waals surface area contributed by atoms with Crippen molar-refractivity contribution in [3.05, 3.63) is 34.4 Å². The summed E-state index contributed by atoms with van der Waals surface area (Å²) in [5, 5.41) is 25.4. The van der Waals surface area contributed by atoms with Crippen LogP contribution in [-0.2, 0) is 14.4 Å². The molecule has 0 fully saturated rings. The number of para-hydroxylation sites is 2. The molecule has 0 heterocycles. The molecule has 1 unspecified atom stereocenters. The minimum Gasteiger partial charge on any atom is -0.480 e. The molecular formula is C16H22N4O6. The Kier molecular flexibility index (Phi) is 8.00. The highest BCUT2D eigenvalue weighted by Crippen LogP contribution is 2.22. The molecule has 0 bridgehead atoms. The van der Waals surface area contributed by atoms with Crippen LogP contribution in [0.4, 0.5) is 11.4 Å². The molecule has 0 radical (unpaired) electrons. The van der Waals surface area contributed by atoms with Gasteiger partial charge in [-0.1, -0.05) is 12.1 Å². The van der Waals surface area contributed by atoms with Crippen LogP contribution in [0.25, 0.3) is 0 Å². The first kappa shape index (κ1) is 20.9. The molecule has 0 aliphatic carbocycles. The smallest absolute Gasteiger partial charge is 0.326 e. The zero-order valence-electron chi connectivity index (χ0n) is 14.6. The lowest BCUT2D eigenvalue weighted by molar-refractivity contribution is -0.384. The fourth-order valence-corrected chi connectivity index (χ4v) is 2.25. The quantitative estimate of drug-likeness (QED) is 0.411. The van der Waals surface area contributed by atoms with Crippen molar-refractivity contribution in [3.63, 3.8) is 0 Å². The fourth-order valence-electron chi connectivity index (χ4n) is 2.25. The summed E-state index contributed by atoms with van der Waals surface area (Å²) in [7, 11) is 0. The lowest BCUT2D eigenvalue weighted by Crippen LogP contribution is -2.47. The first-order valence-electron chi connectivity index (χ1n) is 7.98.